The minimum atomic E-state index is -0.0785. The first kappa shape index (κ1) is 16.6. The first-order valence-corrected chi connectivity index (χ1v) is 9.54. The molecule has 0 bridgehead atoms. The second-order valence-corrected chi connectivity index (χ2v) is 7.68. The average molecular weight is 381 g/mol. The van der Waals surface area contributed by atoms with Crippen LogP contribution in [0.3, 0.4) is 0 Å². The third kappa shape index (κ3) is 2.67. The molecule has 0 radical (unpaired) electrons. The SMILES string of the molecule is CC(C)N1CN=C2N[C@@H](c3ccc(Cl)cc3)n3c(nc4ccccc43)N2C1. The lowest BCUT2D eigenvalue weighted by molar-refractivity contribution is 0.221. The fraction of sp³-hybridized carbons (Fsp3) is 0.300. The largest absolute Gasteiger partial charge is 0.331 e. The molecular weight excluding hydrogens is 360 g/mol. The number of guanidine groups is 1. The van der Waals surface area contributed by atoms with E-state index in [9.17, 15) is 0 Å². The van der Waals surface area contributed by atoms with Crippen LogP contribution in [0.2, 0.25) is 5.02 Å². The number of hydrogen-bond acceptors (Lipinski definition) is 5. The van der Waals surface area contributed by atoms with Crippen LogP contribution >= 0.6 is 11.6 Å². The summed E-state index contributed by atoms with van der Waals surface area (Å²) in [6.07, 6.45) is -0.0785. The van der Waals surface area contributed by atoms with Crippen LogP contribution in [-0.4, -0.2) is 39.8 Å². The van der Waals surface area contributed by atoms with E-state index in [-0.39, 0.29) is 6.17 Å². The summed E-state index contributed by atoms with van der Waals surface area (Å²) in [7, 11) is 0. The number of anilines is 1. The Morgan fingerprint density at radius 3 is 2.67 bits per heavy atom. The fourth-order valence-electron chi connectivity index (χ4n) is 3.69. The molecule has 0 spiro atoms. The Bertz CT molecular complexity index is 1020. The van der Waals surface area contributed by atoms with Gasteiger partial charge >= 0.3 is 0 Å². The van der Waals surface area contributed by atoms with Crippen LogP contribution in [0.1, 0.15) is 25.6 Å². The van der Waals surface area contributed by atoms with Gasteiger partial charge in [-0.15, -0.1) is 0 Å². The number of nitrogens with zero attached hydrogens (tertiary/aromatic N) is 5. The summed E-state index contributed by atoms with van der Waals surface area (Å²) < 4.78 is 2.25. The molecule has 0 saturated heterocycles. The highest BCUT2D eigenvalue weighted by Crippen LogP contribution is 2.34. The first-order chi connectivity index (χ1) is 13.1. The molecule has 0 unspecified atom stereocenters. The highest BCUT2D eigenvalue weighted by atomic mass is 35.5. The number of halogens is 1. The molecule has 1 N–H and O–H groups in total. The molecule has 2 aliphatic heterocycles. The summed E-state index contributed by atoms with van der Waals surface area (Å²) >= 11 is 6.10. The van der Waals surface area contributed by atoms with E-state index in [0.717, 1.165) is 40.2 Å². The van der Waals surface area contributed by atoms with Gasteiger partial charge in [-0.3, -0.25) is 14.4 Å². The Morgan fingerprint density at radius 2 is 1.89 bits per heavy atom. The summed E-state index contributed by atoms with van der Waals surface area (Å²) in [6.45, 7) is 5.83. The lowest BCUT2D eigenvalue weighted by atomic mass is 10.1. The average Bonchev–Trinajstić information content (AvgIpc) is 3.07. The monoisotopic (exact) mass is 380 g/mol. The molecule has 1 aromatic heterocycles. The number of rotatable bonds is 2. The second-order valence-electron chi connectivity index (χ2n) is 7.24. The normalized spacial score (nSPS) is 19.6. The molecule has 138 valence electrons. The van der Waals surface area contributed by atoms with Gasteiger partial charge in [-0.05, 0) is 43.7 Å². The van der Waals surface area contributed by atoms with Crippen LogP contribution in [0, 0.1) is 0 Å². The van der Waals surface area contributed by atoms with Crippen LogP contribution < -0.4 is 10.2 Å². The lowest BCUT2D eigenvalue weighted by Gasteiger charge is -2.42. The maximum absolute atomic E-state index is 6.10. The standard InChI is InChI=1S/C20H21ClN6/c1-13(2)25-11-22-19-24-18(14-7-9-15(21)10-8-14)27-17-6-4-3-5-16(17)23-20(27)26(19)12-25/h3-10,13,18H,11-12H2,1-2H3,(H,22,24)/t18-/m1/s1. The van der Waals surface area contributed by atoms with Gasteiger partial charge in [0, 0.05) is 11.1 Å². The third-order valence-corrected chi connectivity index (χ3v) is 5.49. The molecule has 1 atom stereocenters. The minimum Gasteiger partial charge on any atom is -0.331 e. The summed E-state index contributed by atoms with van der Waals surface area (Å²) in [5, 5.41) is 4.35. The molecule has 0 fully saturated rings. The number of imidazole rings is 1. The van der Waals surface area contributed by atoms with Gasteiger partial charge in [0.2, 0.25) is 11.9 Å². The van der Waals surface area contributed by atoms with E-state index in [1.807, 2.05) is 18.2 Å². The predicted molar refractivity (Wildman–Crippen MR) is 109 cm³/mol. The summed E-state index contributed by atoms with van der Waals surface area (Å²) in [5.74, 6) is 1.79. The van der Waals surface area contributed by atoms with E-state index in [1.165, 1.54) is 0 Å². The highest BCUT2D eigenvalue weighted by molar-refractivity contribution is 6.30. The number of fused-ring (bicyclic) bond motifs is 5. The molecule has 0 aliphatic carbocycles. The Morgan fingerprint density at radius 1 is 1.11 bits per heavy atom. The molecule has 7 heteroatoms. The van der Waals surface area contributed by atoms with Crippen LogP contribution in [0.15, 0.2) is 53.5 Å². The van der Waals surface area contributed by atoms with Crippen molar-refractivity contribution in [2.24, 2.45) is 4.99 Å². The van der Waals surface area contributed by atoms with Crippen molar-refractivity contribution in [1.82, 2.24) is 19.8 Å². The van der Waals surface area contributed by atoms with Gasteiger partial charge < -0.3 is 5.32 Å². The van der Waals surface area contributed by atoms with Crippen LogP contribution in [0.25, 0.3) is 11.0 Å². The van der Waals surface area contributed by atoms with E-state index < -0.39 is 0 Å². The zero-order valence-corrected chi connectivity index (χ0v) is 16.1. The molecule has 0 saturated carbocycles. The molecule has 5 rings (SSSR count). The van der Waals surface area contributed by atoms with Crippen LogP contribution in [0.5, 0.6) is 0 Å². The lowest BCUT2D eigenvalue weighted by Crippen LogP contribution is -2.58. The number of aromatic nitrogens is 2. The highest BCUT2D eigenvalue weighted by Gasteiger charge is 2.36. The smallest absolute Gasteiger partial charge is 0.216 e. The Labute approximate surface area is 163 Å². The fourth-order valence-corrected chi connectivity index (χ4v) is 3.81. The zero-order valence-electron chi connectivity index (χ0n) is 15.3. The Balaban J connectivity index is 1.69. The molecule has 2 aromatic carbocycles. The molecule has 27 heavy (non-hydrogen) atoms. The molecule has 2 aliphatic rings. The van der Waals surface area contributed by atoms with Gasteiger partial charge in [0.15, 0.2) is 0 Å². The van der Waals surface area contributed by atoms with Crippen molar-refractivity contribution in [3.05, 3.63) is 59.1 Å². The van der Waals surface area contributed by atoms with Crippen molar-refractivity contribution in [3.63, 3.8) is 0 Å². The minimum absolute atomic E-state index is 0.0785. The number of aliphatic imine (C=N–C) groups is 1. The molecule has 3 heterocycles. The van der Waals surface area contributed by atoms with Crippen LogP contribution in [-0.2, 0) is 0 Å². The first-order valence-electron chi connectivity index (χ1n) is 9.17. The van der Waals surface area contributed by atoms with E-state index in [0.29, 0.717) is 12.7 Å². The van der Waals surface area contributed by atoms with Gasteiger partial charge in [-0.1, -0.05) is 35.9 Å². The van der Waals surface area contributed by atoms with Crippen LogP contribution in [0.4, 0.5) is 5.95 Å². The van der Waals surface area contributed by atoms with Gasteiger partial charge in [-0.25, -0.2) is 9.98 Å². The topological polar surface area (TPSA) is 48.7 Å². The van der Waals surface area contributed by atoms with E-state index in [2.05, 4.69) is 63.9 Å². The van der Waals surface area contributed by atoms with E-state index in [1.54, 1.807) is 0 Å². The molecule has 6 nitrogen and oxygen atoms in total. The number of nitrogens with one attached hydrogen (secondary N) is 1. The second kappa shape index (κ2) is 6.25. The van der Waals surface area contributed by atoms with Gasteiger partial charge in [0.05, 0.1) is 24.4 Å². The van der Waals surface area contributed by atoms with Crippen molar-refractivity contribution in [2.75, 3.05) is 18.2 Å². The number of para-hydroxylation sites is 2. The molecular formula is C20H21ClN6. The maximum atomic E-state index is 6.10. The van der Waals surface area contributed by atoms with Crippen molar-refractivity contribution < 1.29 is 0 Å². The van der Waals surface area contributed by atoms with E-state index >= 15 is 0 Å². The Hall–Kier alpha value is -2.57. The zero-order chi connectivity index (χ0) is 18.5. The summed E-state index contributed by atoms with van der Waals surface area (Å²) in [4.78, 5) is 14.2. The maximum Gasteiger partial charge on any atom is 0.216 e. The number of hydrogen-bond donors (Lipinski definition) is 1. The van der Waals surface area contributed by atoms with Gasteiger partial charge in [-0.2, -0.15) is 0 Å². The number of benzene rings is 2. The van der Waals surface area contributed by atoms with E-state index in [4.69, 9.17) is 21.6 Å². The quantitative estimate of drug-likeness (QED) is 0.737. The summed E-state index contributed by atoms with van der Waals surface area (Å²) in [6, 6.07) is 16.6. The van der Waals surface area contributed by atoms with Gasteiger partial charge in [0.1, 0.15) is 6.17 Å². The van der Waals surface area contributed by atoms with Crippen molar-refractivity contribution in [3.8, 4) is 0 Å². The van der Waals surface area contributed by atoms with Crippen molar-refractivity contribution in [1.29, 1.82) is 0 Å². The molecule has 3 aromatic rings. The Kier molecular flexibility index (Phi) is 3.84. The summed E-state index contributed by atoms with van der Waals surface area (Å²) in [5.41, 5.74) is 3.20. The van der Waals surface area contributed by atoms with Crippen molar-refractivity contribution >= 4 is 34.5 Å². The molecule has 0 amide bonds. The predicted octanol–water partition coefficient (Wildman–Crippen LogP) is 3.64. The van der Waals surface area contributed by atoms with Gasteiger partial charge in [0.25, 0.3) is 0 Å². The third-order valence-electron chi connectivity index (χ3n) is 5.24. The van der Waals surface area contributed by atoms with Crippen molar-refractivity contribution in [2.45, 2.75) is 26.1 Å².